The van der Waals surface area contributed by atoms with Crippen molar-refractivity contribution in [1.29, 1.82) is 0 Å². The number of benzene rings is 3. The van der Waals surface area contributed by atoms with Crippen LogP contribution in [0.4, 0.5) is 0 Å². The van der Waals surface area contributed by atoms with Crippen LogP contribution in [-0.4, -0.2) is 25.3 Å². The second kappa shape index (κ2) is 6.42. The van der Waals surface area contributed by atoms with Crippen LogP contribution in [-0.2, 0) is 14.4 Å². The van der Waals surface area contributed by atoms with Crippen molar-refractivity contribution in [3.8, 4) is 0 Å². The third-order valence-corrected chi connectivity index (χ3v) is 6.23. The highest BCUT2D eigenvalue weighted by atomic mass is 79.9. The first kappa shape index (κ1) is 18.1. The van der Waals surface area contributed by atoms with Gasteiger partial charge in [0.1, 0.15) is 0 Å². The van der Waals surface area contributed by atoms with Gasteiger partial charge in [-0.1, -0.05) is 39.7 Å². The van der Waals surface area contributed by atoms with Gasteiger partial charge in [-0.25, -0.2) is 0 Å². The zero-order chi connectivity index (χ0) is 19.3. The maximum atomic E-state index is 12.8. The van der Waals surface area contributed by atoms with E-state index in [1.807, 2.05) is 0 Å². The Balaban J connectivity index is 1.80. The van der Waals surface area contributed by atoms with E-state index in [1.54, 1.807) is 18.2 Å². The quantitative estimate of drug-likeness (QED) is 0.541. The fourth-order valence-electron chi connectivity index (χ4n) is 2.85. The molecule has 0 aliphatic carbocycles. The van der Waals surface area contributed by atoms with E-state index in [0.717, 1.165) is 0 Å². The molecule has 0 fully saturated rings. The van der Waals surface area contributed by atoms with E-state index < -0.39 is 21.9 Å². The molecule has 1 aliphatic rings. The van der Waals surface area contributed by atoms with Gasteiger partial charge in [0, 0.05) is 14.9 Å². The van der Waals surface area contributed by atoms with E-state index in [2.05, 4.69) is 15.9 Å². The van der Waals surface area contributed by atoms with Crippen LogP contribution >= 0.6 is 27.5 Å². The lowest BCUT2D eigenvalue weighted by Gasteiger charge is -2.25. The van der Waals surface area contributed by atoms with Gasteiger partial charge in [-0.3, -0.25) is 9.59 Å². The summed E-state index contributed by atoms with van der Waals surface area (Å²) in [5.74, 6) is -1.71. The van der Waals surface area contributed by atoms with Crippen molar-refractivity contribution in [2.24, 2.45) is 0 Å². The Bertz CT molecular complexity index is 1200. The van der Waals surface area contributed by atoms with Crippen molar-refractivity contribution >= 4 is 60.2 Å². The minimum absolute atomic E-state index is 0.176. The van der Waals surface area contributed by atoms with Gasteiger partial charge in [-0.05, 0) is 47.9 Å². The number of carbonyl (C=O) groups is 2. The molecule has 0 radical (unpaired) electrons. The zero-order valence-corrected chi connectivity index (χ0v) is 16.5. The first-order chi connectivity index (χ1) is 12.8. The van der Waals surface area contributed by atoms with E-state index in [0.29, 0.717) is 20.3 Å². The molecule has 1 aliphatic heterocycles. The number of amides is 2. The lowest BCUT2D eigenvalue weighted by atomic mass is 9.95. The standard InChI is InChI=1S/C18H9BrClNO5S/c19-15-9-8-14-16-12(15)2-1-3-13(16)17(22)21(18(14)23)26-27(24,25)11-6-4-10(20)5-7-11/h1-9H. The highest BCUT2D eigenvalue weighted by Crippen LogP contribution is 2.35. The van der Waals surface area contributed by atoms with Gasteiger partial charge in [0.25, 0.3) is 11.8 Å². The van der Waals surface area contributed by atoms with E-state index >= 15 is 0 Å². The highest BCUT2D eigenvalue weighted by molar-refractivity contribution is 9.10. The smallest absolute Gasteiger partial charge is 0.266 e. The fraction of sp³-hybridized carbons (Fsp3) is 0. The van der Waals surface area contributed by atoms with E-state index in [-0.39, 0.29) is 21.1 Å². The number of halogens is 2. The van der Waals surface area contributed by atoms with Crippen LogP contribution in [0.5, 0.6) is 0 Å². The minimum Gasteiger partial charge on any atom is -0.266 e. The summed E-state index contributed by atoms with van der Waals surface area (Å²) in [6, 6.07) is 13.3. The second-order valence-corrected chi connectivity index (χ2v) is 8.53. The van der Waals surface area contributed by atoms with Gasteiger partial charge < -0.3 is 0 Å². The van der Waals surface area contributed by atoms with Crippen molar-refractivity contribution in [2.45, 2.75) is 4.90 Å². The Morgan fingerprint density at radius 2 is 1.52 bits per heavy atom. The molecule has 0 unspecified atom stereocenters. The number of hydrogen-bond acceptors (Lipinski definition) is 5. The Labute approximate surface area is 167 Å². The van der Waals surface area contributed by atoms with Gasteiger partial charge in [0.2, 0.25) is 0 Å². The Morgan fingerprint density at radius 1 is 0.889 bits per heavy atom. The summed E-state index contributed by atoms with van der Waals surface area (Å²) >= 11 is 9.14. The van der Waals surface area contributed by atoms with Gasteiger partial charge >= 0.3 is 10.1 Å². The van der Waals surface area contributed by atoms with Crippen LogP contribution in [0.3, 0.4) is 0 Å². The molecule has 1 heterocycles. The lowest BCUT2D eigenvalue weighted by Crippen LogP contribution is -2.41. The predicted molar refractivity (Wildman–Crippen MR) is 102 cm³/mol. The summed E-state index contributed by atoms with van der Waals surface area (Å²) < 4.78 is 30.6. The number of imide groups is 1. The molecular weight excluding hydrogens is 458 g/mol. The summed E-state index contributed by atoms with van der Waals surface area (Å²) in [5, 5.41) is 1.73. The topological polar surface area (TPSA) is 80.8 Å². The molecule has 0 bridgehead atoms. The molecule has 27 heavy (non-hydrogen) atoms. The average molecular weight is 467 g/mol. The number of hydrogen-bond donors (Lipinski definition) is 0. The molecule has 0 N–H and O–H groups in total. The van der Waals surface area contributed by atoms with Crippen molar-refractivity contribution in [1.82, 2.24) is 5.06 Å². The summed E-state index contributed by atoms with van der Waals surface area (Å²) in [7, 11) is -4.41. The molecule has 3 aromatic rings. The number of nitrogens with zero attached hydrogens (tertiary/aromatic N) is 1. The predicted octanol–water partition coefficient (Wildman–Crippen LogP) is 4.17. The van der Waals surface area contributed by atoms with E-state index in [1.165, 1.54) is 36.4 Å². The molecule has 4 rings (SSSR count). The Hall–Kier alpha value is -2.26. The third-order valence-electron chi connectivity index (χ3n) is 4.09. The van der Waals surface area contributed by atoms with E-state index in [9.17, 15) is 18.0 Å². The molecule has 136 valence electrons. The number of rotatable bonds is 3. The van der Waals surface area contributed by atoms with Crippen molar-refractivity contribution in [3.63, 3.8) is 0 Å². The molecule has 3 aromatic carbocycles. The summed E-state index contributed by atoms with van der Waals surface area (Å²) in [5.41, 5.74) is 0.351. The molecule has 0 spiro atoms. The van der Waals surface area contributed by atoms with Crippen LogP contribution in [0.1, 0.15) is 20.7 Å². The number of carbonyl (C=O) groups excluding carboxylic acids is 2. The normalized spacial score (nSPS) is 14.1. The maximum absolute atomic E-state index is 12.8. The third kappa shape index (κ3) is 2.94. The van der Waals surface area contributed by atoms with Crippen LogP contribution in [0.2, 0.25) is 5.02 Å². The van der Waals surface area contributed by atoms with E-state index in [4.69, 9.17) is 15.9 Å². The monoisotopic (exact) mass is 465 g/mol. The van der Waals surface area contributed by atoms with Gasteiger partial charge in [0.05, 0.1) is 16.0 Å². The van der Waals surface area contributed by atoms with Crippen LogP contribution < -0.4 is 0 Å². The molecule has 6 nitrogen and oxygen atoms in total. The molecule has 0 saturated heterocycles. The van der Waals surface area contributed by atoms with Crippen molar-refractivity contribution in [3.05, 3.63) is 75.2 Å². The van der Waals surface area contributed by atoms with Gasteiger partial charge in [-0.2, -0.15) is 8.42 Å². The highest BCUT2D eigenvalue weighted by Gasteiger charge is 2.37. The van der Waals surface area contributed by atoms with Crippen LogP contribution in [0, 0.1) is 0 Å². The summed E-state index contributed by atoms with van der Waals surface area (Å²) in [4.78, 5) is 25.3. The Kier molecular flexibility index (Phi) is 4.31. The average Bonchev–Trinajstić information content (AvgIpc) is 2.65. The van der Waals surface area contributed by atoms with Crippen LogP contribution in [0.25, 0.3) is 10.8 Å². The second-order valence-electron chi connectivity index (χ2n) is 5.71. The largest absolute Gasteiger partial charge is 0.318 e. The molecule has 0 aromatic heterocycles. The Morgan fingerprint density at radius 3 is 2.19 bits per heavy atom. The number of hydroxylamine groups is 2. The van der Waals surface area contributed by atoms with Gasteiger partial charge in [0.15, 0.2) is 0 Å². The minimum atomic E-state index is -4.41. The molecular formula is C18H9BrClNO5S. The zero-order valence-electron chi connectivity index (χ0n) is 13.3. The molecule has 0 saturated carbocycles. The van der Waals surface area contributed by atoms with Gasteiger partial charge in [-0.15, -0.1) is 9.35 Å². The molecule has 9 heteroatoms. The lowest BCUT2D eigenvalue weighted by molar-refractivity contribution is -0.0155. The SMILES string of the molecule is O=C1c2cccc3c(Br)ccc(c23)C(=O)N1OS(=O)(=O)c1ccc(Cl)cc1. The van der Waals surface area contributed by atoms with Crippen molar-refractivity contribution < 1.29 is 22.3 Å². The van der Waals surface area contributed by atoms with Crippen molar-refractivity contribution in [2.75, 3.05) is 0 Å². The summed E-state index contributed by atoms with van der Waals surface area (Å²) in [6.45, 7) is 0. The fourth-order valence-corrected chi connectivity index (χ4v) is 4.32. The first-order valence-electron chi connectivity index (χ1n) is 7.60. The molecule has 0 atom stereocenters. The molecule has 2 amide bonds. The first-order valence-corrected chi connectivity index (χ1v) is 10.2. The maximum Gasteiger partial charge on any atom is 0.318 e. The summed E-state index contributed by atoms with van der Waals surface area (Å²) in [6.07, 6.45) is 0. The van der Waals surface area contributed by atoms with Crippen LogP contribution in [0.15, 0.2) is 64.0 Å².